The highest BCUT2D eigenvalue weighted by Gasteiger charge is 2.15. The Hall–Kier alpha value is -2.83. The maximum absolute atomic E-state index is 12.4. The molecule has 0 aliphatic heterocycles. The Bertz CT molecular complexity index is 908. The minimum Gasteiger partial charge on any atom is -0.497 e. The molecular weight excluding hydrogens is 388 g/mol. The summed E-state index contributed by atoms with van der Waals surface area (Å²) < 4.78 is 7.05. The molecule has 3 N–H and O–H groups in total. The Morgan fingerprint density at radius 1 is 1.17 bits per heavy atom. The van der Waals surface area contributed by atoms with Crippen LogP contribution in [0.5, 0.6) is 5.75 Å². The molecule has 0 saturated heterocycles. The van der Waals surface area contributed by atoms with E-state index in [0.29, 0.717) is 6.54 Å². The lowest BCUT2D eigenvalue weighted by Crippen LogP contribution is -2.30. The van der Waals surface area contributed by atoms with Crippen LogP contribution in [0.3, 0.4) is 0 Å². The van der Waals surface area contributed by atoms with Crippen molar-refractivity contribution < 1.29 is 9.53 Å². The molecule has 3 aromatic rings. The lowest BCUT2D eigenvalue weighted by atomic mass is 10.1. The van der Waals surface area contributed by atoms with Crippen LogP contribution in [0.25, 0.3) is 16.9 Å². The number of ether oxygens (including phenoxy) is 1. The smallest absolute Gasteiger partial charge is 0.224 e. The number of methoxy groups -OCH3 is 1. The normalized spacial score (nSPS) is 11.4. The number of nitrogens with one attached hydrogen (secondary N) is 1. The zero-order chi connectivity index (χ0) is 19.9. The van der Waals surface area contributed by atoms with Gasteiger partial charge in [-0.1, -0.05) is 18.2 Å². The number of hydrogen-bond donors (Lipinski definition) is 2. The van der Waals surface area contributed by atoms with Crippen LogP contribution in [0.4, 0.5) is 0 Å². The van der Waals surface area contributed by atoms with Gasteiger partial charge in [-0.05, 0) is 49.7 Å². The van der Waals surface area contributed by atoms with Crippen LogP contribution in [-0.2, 0) is 11.2 Å². The molecule has 1 heterocycles. The second kappa shape index (κ2) is 10.6. The lowest BCUT2D eigenvalue weighted by Gasteiger charge is -2.07. The first-order chi connectivity index (χ1) is 13.6. The number of hydrogen-bond acceptors (Lipinski definition) is 4. The summed E-state index contributed by atoms with van der Waals surface area (Å²) in [6, 6.07) is 17.6. The number of carbonyl (C=O) groups excluding carboxylic acids is 1. The number of halogens is 1. The highest BCUT2D eigenvalue weighted by molar-refractivity contribution is 5.85. The molecule has 2 aromatic carbocycles. The molecule has 0 radical (unpaired) electrons. The second-order valence-corrected chi connectivity index (χ2v) is 6.80. The fourth-order valence-electron chi connectivity index (χ4n) is 2.92. The van der Waals surface area contributed by atoms with E-state index in [2.05, 4.69) is 5.32 Å². The Kier molecular flexibility index (Phi) is 8.24. The van der Waals surface area contributed by atoms with Gasteiger partial charge in [0, 0.05) is 29.9 Å². The molecule has 29 heavy (non-hydrogen) atoms. The maximum Gasteiger partial charge on any atom is 0.224 e. The van der Waals surface area contributed by atoms with Gasteiger partial charge in [0.05, 0.1) is 24.9 Å². The molecule has 0 fully saturated rings. The number of aromatic nitrogens is 2. The molecule has 3 rings (SSSR count). The molecule has 0 spiro atoms. The summed E-state index contributed by atoms with van der Waals surface area (Å²) in [6.07, 6.45) is 2.92. The van der Waals surface area contributed by atoms with Crippen molar-refractivity contribution in [2.24, 2.45) is 5.73 Å². The van der Waals surface area contributed by atoms with E-state index in [9.17, 15) is 4.79 Å². The Labute approximate surface area is 177 Å². The van der Waals surface area contributed by atoms with E-state index in [4.69, 9.17) is 15.6 Å². The van der Waals surface area contributed by atoms with Crippen LogP contribution in [-0.4, -0.2) is 35.4 Å². The van der Waals surface area contributed by atoms with Crippen molar-refractivity contribution in [1.82, 2.24) is 15.1 Å². The van der Waals surface area contributed by atoms with Gasteiger partial charge in [-0.15, -0.1) is 12.4 Å². The van der Waals surface area contributed by atoms with Crippen molar-refractivity contribution in [1.29, 1.82) is 0 Å². The summed E-state index contributed by atoms with van der Waals surface area (Å²) in [4.78, 5) is 12.4. The van der Waals surface area contributed by atoms with Gasteiger partial charge in [-0.2, -0.15) is 5.10 Å². The van der Waals surface area contributed by atoms with Gasteiger partial charge < -0.3 is 15.8 Å². The molecule has 0 saturated carbocycles. The van der Waals surface area contributed by atoms with E-state index in [0.717, 1.165) is 34.7 Å². The van der Waals surface area contributed by atoms with Crippen LogP contribution in [0.1, 0.15) is 18.9 Å². The van der Waals surface area contributed by atoms with E-state index >= 15 is 0 Å². The molecule has 1 atom stereocenters. The van der Waals surface area contributed by atoms with Crippen molar-refractivity contribution in [3.8, 4) is 22.7 Å². The molecule has 0 bridgehead atoms. The van der Waals surface area contributed by atoms with Crippen LogP contribution in [0.2, 0.25) is 0 Å². The lowest BCUT2D eigenvalue weighted by molar-refractivity contribution is -0.120. The third-order valence-corrected chi connectivity index (χ3v) is 4.45. The van der Waals surface area contributed by atoms with Crippen molar-refractivity contribution in [2.45, 2.75) is 25.8 Å². The van der Waals surface area contributed by atoms with E-state index in [1.165, 1.54) is 0 Å². The number of para-hydroxylation sites is 1. The molecule has 154 valence electrons. The number of rotatable bonds is 8. The summed E-state index contributed by atoms with van der Waals surface area (Å²) in [7, 11) is 1.64. The standard InChI is InChI=1S/C22H26N4O2.ClH/c1-16(23)12-13-24-21(27)14-18-15-26(19-6-4-3-5-7-19)25-22(18)17-8-10-20(28-2)11-9-17;/h3-11,15-16H,12-14,23H2,1-2H3,(H,24,27);1H. The minimum absolute atomic E-state index is 0. The number of nitrogens with two attached hydrogens (primary N) is 1. The van der Waals surface area contributed by atoms with E-state index in [1.54, 1.807) is 7.11 Å². The van der Waals surface area contributed by atoms with E-state index in [1.807, 2.05) is 72.4 Å². The molecule has 6 nitrogen and oxygen atoms in total. The number of benzene rings is 2. The Morgan fingerprint density at radius 2 is 1.86 bits per heavy atom. The minimum atomic E-state index is -0.0389. The van der Waals surface area contributed by atoms with Gasteiger partial charge in [0.1, 0.15) is 5.75 Å². The highest BCUT2D eigenvalue weighted by atomic mass is 35.5. The van der Waals surface area contributed by atoms with Crippen LogP contribution in [0.15, 0.2) is 60.8 Å². The third kappa shape index (κ3) is 6.07. The summed E-state index contributed by atoms with van der Waals surface area (Å²) >= 11 is 0. The Balaban J connectivity index is 0.00000300. The second-order valence-electron chi connectivity index (χ2n) is 6.80. The van der Waals surface area contributed by atoms with Crippen molar-refractivity contribution >= 4 is 18.3 Å². The van der Waals surface area contributed by atoms with Crippen molar-refractivity contribution in [2.75, 3.05) is 13.7 Å². The average Bonchev–Trinajstić information content (AvgIpc) is 3.12. The number of amides is 1. The van der Waals surface area contributed by atoms with Crippen molar-refractivity contribution in [3.63, 3.8) is 0 Å². The molecular formula is C22H27ClN4O2. The zero-order valence-electron chi connectivity index (χ0n) is 16.7. The monoisotopic (exact) mass is 414 g/mol. The fourth-order valence-corrected chi connectivity index (χ4v) is 2.92. The molecule has 1 amide bonds. The fraction of sp³-hybridized carbons (Fsp3) is 0.273. The summed E-state index contributed by atoms with van der Waals surface area (Å²) in [5, 5.41) is 7.68. The molecule has 7 heteroatoms. The van der Waals surface area contributed by atoms with Crippen LogP contribution in [0, 0.1) is 0 Å². The molecule has 1 unspecified atom stereocenters. The molecule has 0 aliphatic carbocycles. The van der Waals surface area contributed by atoms with E-state index < -0.39 is 0 Å². The van der Waals surface area contributed by atoms with Crippen molar-refractivity contribution in [3.05, 3.63) is 66.4 Å². The molecule has 0 aliphatic rings. The average molecular weight is 415 g/mol. The summed E-state index contributed by atoms with van der Waals surface area (Å²) in [6.45, 7) is 2.50. The highest BCUT2D eigenvalue weighted by Crippen LogP contribution is 2.26. The maximum atomic E-state index is 12.4. The topological polar surface area (TPSA) is 82.2 Å². The van der Waals surface area contributed by atoms with Gasteiger partial charge in [0.2, 0.25) is 5.91 Å². The van der Waals surface area contributed by atoms with Gasteiger partial charge >= 0.3 is 0 Å². The summed E-state index contributed by atoms with van der Waals surface area (Å²) in [5.74, 6) is 0.740. The van der Waals surface area contributed by atoms with Gasteiger partial charge in [0.25, 0.3) is 0 Å². The van der Waals surface area contributed by atoms with Crippen LogP contribution >= 0.6 is 12.4 Å². The largest absolute Gasteiger partial charge is 0.497 e. The molecule has 1 aromatic heterocycles. The number of carbonyl (C=O) groups is 1. The first kappa shape index (κ1) is 22.5. The van der Waals surface area contributed by atoms with E-state index in [-0.39, 0.29) is 30.8 Å². The van der Waals surface area contributed by atoms with Gasteiger partial charge in [-0.25, -0.2) is 4.68 Å². The Morgan fingerprint density at radius 3 is 2.48 bits per heavy atom. The quantitative estimate of drug-likeness (QED) is 0.592. The summed E-state index contributed by atoms with van der Waals surface area (Å²) in [5.41, 5.74) is 9.29. The van der Waals surface area contributed by atoms with Gasteiger partial charge in [-0.3, -0.25) is 4.79 Å². The number of nitrogens with zero attached hydrogens (tertiary/aromatic N) is 2. The van der Waals surface area contributed by atoms with Gasteiger partial charge in [0.15, 0.2) is 0 Å². The zero-order valence-corrected chi connectivity index (χ0v) is 17.5. The van der Waals surface area contributed by atoms with Crippen LogP contribution < -0.4 is 15.8 Å². The predicted molar refractivity (Wildman–Crippen MR) is 118 cm³/mol. The first-order valence-electron chi connectivity index (χ1n) is 9.37. The third-order valence-electron chi connectivity index (χ3n) is 4.45. The predicted octanol–water partition coefficient (Wildman–Crippen LogP) is 3.37. The first-order valence-corrected chi connectivity index (χ1v) is 9.37. The SMILES string of the molecule is COc1ccc(-c2nn(-c3ccccc3)cc2CC(=O)NCCC(C)N)cc1.Cl.